The Morgan fingerprint density at radius 2 is 1.88 bits per heavy atom. The van der Waals surface area contributed by atoms with Crippen molar-refractivity contribution in [2.24, 2.45) is 7.05 Å². The van der Waals surface area contributed by atoms with Crippen LogP contribution in [0.15, 0.2) is 18.2 Å². The molecule has 0 N–H and O–H groups in total. The number of hydrogen-bond acceptors (Lipinski definition) is 3. The number of aryl methyl sites for hydroxylation is 3. The van der Waals surface area contributed by atoms with Crippen molar-refractivity contribution in [2.45, 2.75) is 34.1 Å². The maximum atomic E-state index is 12.6. The van der Waals surface area contributed by atoms with Crippen LogP contribution < -0.4 is 4.74 Å². The summed E-state index contributed by atoms with van der Waals surface area (Å²) in [6, 6.07) is 6.13. The van der Waals surface area contributed by atoms with Gasteiger partial charge < -0.3 is 14.0 Å². The molecule has 0 saturated carbocycles. The highest BCUT2D eigenvalue weighted by atomic mass is 16.5. The maximum Gasteiger partial charge on any atom is 0.338 e. The Balaban J connectivity index is 2.52. The Morgan fingerprint density at radius 1 is 1.16 bits per heavy atom. The minimum Gasteiger partial charge on any atom is -0.497 e. The summed E-state index contributed by atoms with van der Waals surface area (Å²) in [6.07, 6.45) is 0.853. The van der Waals surface area contributed by atoms with Gasteiger partial charge in [0.1, 0.15) is 5.75 Å². The van der Waals surface area contributed by atoms with Crippen molar-refractivity contribution < 1.29 is 14.3 Å². The summed E-state index contributed by atoms with van der Waals surface area (Å²) in [4.78, 5) is 12.6. The van der Waals surface area contributed by atoms with Gasteiger partial charge in [-0.3, -0.25) is 0 Å². The SMILES string of the molecule is CCOC(=O)c1c(C)c(CC)c2c3cc(OC)ccc3n(C)c2c1C. The summed E-state index contributed by atoms with van der Waals surface area (Å²) in [6.45, 7) is 8.38. The van der Waals surface area contributed by atoms with Gasteiger partial charge in [-0.2, -0.15) is 0 Å². The van der Waals surface area contributed by atoms with Crippen molar-refractivity contribution in [1.29, 1.82) is 0 Å². The quantitative estimate of drug-likeness (QED) is 0.647. The number of rotatable bonds is 4. The van der Waals surface area contributed by atoms with Crippen molar-refractivity contribution in [2.75, 3.05) is 13.7 Å². The predicted molar refractivity (Wildman–Crippen MR) is 102 cm³/mol. The molecular weight excluding hydrogens is 314 g/mol. The summed E-state index contributed by atoms with van der Waals surface area (Å²) in [5, 5.41) is 2.37. The van der Waals surface area contributed by atoms with E-state index in [2.05, 4.69) is 23.6 Å². The first-order valence-corrected chi connectivity index (χ1v) is 8.71. The molecule has 4 nitrogen and oxygen atoms in total. The minimum atomic E-state index is -0.239. The van der Waals surface area contributed by atoms with Crippen LogP contribution in [-0.4, -0.2) is 24.3 Å². The van der Waals surface area contributed by atoms with Crippen LogP contribution in [0.5, 0.6) is 5.75 Å². The number of methoxy groups -OCH3 is 1. The molecular formula is C21H25NO3. The standard InChI is InChI=1S/C21H25NO3/c1-7-15-12(3)18(21(23)25-8-2)13(4)20-19(15)16-11-14(24-6)9-10-17(16)22(20)5/h9-11H,7-8H2,1-6H3. The van der Waals surface area contributed by atoms with E-state index in [9.17, 15) is 4.79 Å². The molecule has 25 heavy (non-hydrogen) atoms. The fourth-order valence-electron chi connectivity index (χ4n) is 3.98. The number of ether oxygens (including phenoxy) is 2. The fourth-order valence-corrected chi connectivity index (χ4v) is 3.98. The van der Waals surface area contributed by atoms with Crippen molar-refractivity contribution in [3.05, 3.63) is 40.5 Å². The molecule has 0 bridgehead atoms. The van der Waals surface area contributed by atoms with Gasteiger partial charge in [0.05, 0.1) is 24.8 Å². The molecule has 0 aliphatic carbocycles. The normalized spacial score (nSPS) is 11.3. The monoisotopic (exact) mass is 339 g/mol. The molecule has 0 aliphatic heterocycles. The zero-order valence-electron chi connectivity index (χ0n) is 15.8. The second-order valence-corrected chi connectivity index (χ2v) is 6.34. The summed E-state index contributed by atoms with van der Waals surface area (Å²) in [5.74, 6) is 0.601. The summed E-state index contributed by atoms with van der Waals surface area (Å²) in [5.41, 5.74) is 6.11. The van der Waals surface area contributed by atoms with Crippen LogP contribution in [0.2, 0.25) is 0 Å². The molecule has 0 radical (unpaired) electrons. The Morgan fingerprint density at radius 3 is 2.48 bits per heavy atom. The van der Waals surface area contributed by atoms with Crippen molar-refractivity contribution in [1.82, 2.24) is 4.57 Å². The Kier molecular flexibility index (Phi) is 4.46. The Bertz CT molecular complexity index is 982. The highest BCUT2D eigenvalue weighted by molar-refractivity contribution is 6.14. The Hall–Kier alpha value is -2.49. The molecule has 3 aromatic rings. The van der Waals surface area contributed by atoms with Gasteiger partial charge >= 0.3 is 5.97 Å². The number of esters is 1. The highest BCUT2D eigenvalue weighted by Crippen LogP contribution is 2.38. The summed E-state index contributed by atoms with van der Waals surface area (Å²) in [7, 11) is 3.73. The number of nitrogens with zero attached hydrogens (tertiary/aromatic N) is 1. The molecule has 0 amide bonds. The second kappa shape index (κ2) is 6.43. The highest BCUT2D eigenvalue weighted by Gasteiger charge is 2.24. The average Bonchev–Trinajstić information content (AvgIpc) is 2.88. The first kappa shape index (κ1) is 17.3. The van der Waals surface area contributed by atoms with E-state index >= 15 is 0 Å². The van der Waals surface area contributed by atoms with Gasteiger partial charge in [-0.05, 0) is 62.1 Å². The number of aromatic nitrogens is 1. The fraction of sp³-hybridized carbons (Fsp3) is 0.381. The molecule has 2 aromatic carbocycles. The van der Waals surface area contributed by atoms with E-state index < -0.39 is 0 Å². The first-order valence-electron chi connectivity index (χ1n) is 8.71. The molecule has 4 heteroatoms. The molecule has 0 unspecified atom stereocenters. The van der Waals surface area contributed by atoms with E-state index in [4.69, 9.17) is 9.47 Å². The van der Waals surface area contributed by atoms with Gasteiger partial charge in [-0.15, -0.1) is 0 Å². The molecule has 3 rings (SSSR count). The van der Waals surface area contributed by atoms with Crippen molar-refractivity contribution in [3.63, 3.8) is 0 Å². The van der Waals surface area contributed by atoms with Gasteiger partial charge in [0.2, 0.25) is 0 Å². The van der Waals surface area contributed by atoms with Crippen molar-refractivity contribution in [3.8, 4) is 5.75 Å². The minimum absolute atomic E-state index is 0.239. The molecule has 0 atom stereocenters. The van der Waals surface area contributed by atoms with E-state index in [0.717, 1.165) is 39.7 Å². The smallest absolute Gasteiger partial charge is 0.338 e. The van der Waals surface area contributed by atoms with E-state index in [1.807, 2.05) is 33.9 Å². The van der Waals surface area contributed by atoms with Gasteiger partial charge in [-0.25, -0.2) is 4.79 Å². The first-order chi connectivity index (χ1) is 12.0. The largest absolute Gasteiger partial charge is 0.497 e. The van der Waals surface area contributed by atoms with Gasteiger partial charge in [-0.1, -0.05) is 6.92 Å². The second-order valence-electron chi connectivity index (χ2n) is 6.34. The van der Waals surface area contributed by atoms with Crippen LogP contribution in [0.3, 0.4) is 0 Å². The third kappa shape index (κ3) is 2.48. The van der Waals surface area contributed by atoms with Crippen LogP contribution in [-0.2, 0) is 18.2 Å². The molecule has 1 aromatic heterocycles. The zero-order valence-corrected chi connectivity index (χ0v) is 15.8. The molecule has 0 spiro atoms. The number of carbonyl (C=O) groups excluding carboxylic acids is 1. The lowest BCUT2D eigenvalue weighted by Crippen LogP contribution is -2.12. The molecule has 132 valence electrons. The lowest BCUT2D eigenvalue weighted by Gasteiger charge is -2.16. The molecule has 0 aliphatic rings. The predicted octanol–water partition coefficient (Wildman–Crippen LogP) is 4.70. The lowest BCUT2D eigenvalue weighted by molar-refractivity contribution is 0.0524. The number of hydrogen-bond donors (Lipinski definition) is 0. The summed E-state index contributed by atoms with van der Waals surface area (Å²) < 4.78 is 12.9. The molecule has 0 fully saturated rings. The van der Waals surface area contributed by atoms with Gasteiger partial charge in [0.25, 0.3) is 0 Å². The van der Waals surface area contributed by atoms with E-state index in [1.54, 1.807) is 7.11 Å². The van der Waals surface area contributed by atoms with Gasteiger partial charge in [0, 0.05) is 23.3 Å². The average molecular weight is 339 g/mol. The van der Waals surface area contributed by atoms with Crippen LogP contribution in [0.1, 0.15) is 40.9 Å². The van der Waals surface area contributed by atoms with E-state index in [0.29, 0.717) is 12.2 Å². The van der Waals surface area contributed by atoms with Gasteiger partial charge in [0.15, 0.2) is 0 Å². The lowest BCUT2D eigenvalue weighted by atomic mass is 9.91. The van der Waals surface area contributed by atoms with Crippen LogP contribution in [0.4, 0.5) is 0 Å². The zero-order chi connectivity index (χ0) is 18.3. The van der Waals surface area contributed by atoms with Crippen LogP contribution in [0.25, 0.3) is 21.8 Å². The van der Waals surface area contributed by atoms with E-state index in [1.165, 1.54) is 10.9 Å². The maximum absolute atomic E-state index is 12.6. The van der Waals surface area contributed by atoms with E-state index in [-0.39, 0.29) is 5.97 Å². The number of fused-ring (bicyclic) bond motifs is 3. The van der Waals surface area contributed by atoms with Crippen LogP contribution >= 0.6 is 0 Å². The third-order valence-corrected chi connectivity index (χ3v) is 5.10. The Labute approximate surface area is 148 Å². The molecule has 0 saturated heterocycles. The topological polar surface area (TPSA) is 40.5 Å². The summed E-state index contributed by atoms with van der Waals surface area (Å²) >= 11 is 0. The number of benzene rings is 2. The van der Waals surface area contributed by atoms with Crippen LogP contribution in [0, 0.1) is 13.8 Å². The van der Waals surface area contributed by atoms with Crippen molar-refractivity contribution >= 4 is 27.8 Å². The number of carbonyl (C=O) groups is 1. The molecule has 1 heterocycles. The third-order valence-electron chi connectivity index (χ3n) is 5.10.